The first-order valence-electron chi connectivity index (χ1n) is 9.71. The van der Waals surface area contributed by atoms with E-state index in [-0.39, 0.29) is 5.91 Å². The third-order valence-corrected chi connectivity index (χ3v) is 4.85. The highest BCUT2D eigenvalue weighted by Gasteiger charge is 2.10. The molecule has 0 aromatic heterocycles. The van der Waals surface area contributed by atoms with Crippen molar-refractivity contribution in [3.05, 3.63) is 60.2 Å². The average Bonchev–Trinajstić information content (AvgIpc) is 2.71. The predicted octanol–water partition coefficient (Wildman–Crippen LogP) is 3.84. The lowest BCUT2D eigenvalue weighted by molar-refractivity contribution is -0.119. The third kappa shape index (κ3) is 5.80. The summed E-state index contributed by atoms with van der Waals surface area (Å²) in [5.74, 6) is 0.0400. The van der Waals surface area contributed by atoms with Crippen LogP contribution < -0.4 is 15.5 Å². The second kappa shape index (κ2) is 9.85. The van der Waals surface area contributed by atoms with E-state index in [1.54, 1.807) is 0 Å². The number of benzene rings is 2. The minimum Gasteiger partial charge on any atom is -0.376 e. The van der Waals surface area contributed by atoms with Gasteiger partial charge in [-0.25, -0.2) is 0 Å². The molecule has 1 aliphatic heterocycles. The van der Waals surface area contributed by atoms with Gasteiger partial charge in [-0.3, -0.25) is 4.79 Å². The summed E-state index contributed by atoms with van der Waals surface area (Å²) in [4.78, 5) is 14.4. The third-order valence-electron chi connectivity index (χ3n) is 4.85. The van der Waals surface area contributed by atoms with Gasteiger partial charge in [-0.2, -0.15) is 0 Å². The van der Waals surface area contributed by atoms with Crippen LogP contribution in [0.4, 0.5) is 11.4 Å². The summed E-state index contributed by atoms with van der Waals surface area (Å²) >= 11 is 0. The van der Waals surface area contributed by atoms with Crippen LogP contribution in [0.5, 0.6) is 0 Å². The normalized spacial score (nSPS) is 14.1. The lowest BCUT2D eigenvalue weighted by Gasteiger charge is -2.28. The van der Waals surface area contributed by atoms with Crippen LogP contribution in [0, 0.1) is 0 Å². The Balaban J connectivity index is 1.33. The number of amides is 1. The summed E-state index contributed by atoms with van der Waals surface area (Å²) < 4.78 is 0. The Bertz CT molecular complexity index is 664. The van der Waals surface area contributed by atoms with E-state index in [0.717, 1.165) is 31.6 Å². The molecule has 3 rings (SSSR count). The van der Waals surface area contributed by atoms with Crippen molar-refractivity contribution in [1.82, 2.24) is 5.32 Å². The summed E-state index contributed by atoms with van der Waals surface area (Å²) in [7, 11) is 0. The zero-order chi connectivity index (χ0) is 18.0. The standard InChI is InChI=1S/C22H29N3O/c26-22(23-15-7-10-19-8-3-1-4-9-19)18-24-20-11-13-21(14-12-20)25-16-5-2-6-17-25/h1,3-4,8-9,11-14,24H,2,5-7,10,15-18H2,(H,23,26). The van der Waals surface area contributed by atoms with Crippen LogP contribution in [0.1, 0.15) is 31.2 Å². The van der Waals surface area contributed by atoms with E-state index in [4.69, 9.17) is 0 Å². The molecule has 1 aliphatic rings. The highest BCUT2D eigenvalue weighted by Crippen LogP contribution is 2.21. The lowest BCUT2D eigenvalue weighted by atomic mass is 10.1. The first-order chi connectivity index (χ1) is 12.8. The summed E-state index contributed by atoms with van der Waals surface area (Å²) in [6.45, 7) is 3.33. The molecule has 0 spiro atoms. The maximum absolute atomic E-state index is 12.0. The molecule has 138 valence electrons. The Labute approximate surface area is 156 Å². The smallest absolute Gasteiger partial charge is 0.239 e. The molecular weight excluding hydrogens is 322 g/mol. The molecule has 0 bridgehead atoms. The second-order valence-corrected chi connectivity index (χ2v) is 6.89. The highest BCUT2D eigenvalue weighted by molar-refractivity contribution is 5.80. The lowest BCUT2D eigenvalue weighted by Crippen LogP contribution is -2.31. The van der Waals surface area contributed by atoms with Crippen molar-refractivity contribution in [2.24, 2.45) is 0 Å². The van der Waals surface area contributed by atoms with Crippen LogP contribution in [0.2, 0.25) is 0 Å². The van der Waals surface area contributed by atoms with Gasteiger partial charge in [0, 0.05) is 31.0 Å². The fourth-order valence-electron chi connectivity index (χ4n) is 3.35. The van der Waals surface area contributed by atoms with Gasteiger partial charge >= 0.3 is 0 Å². The zero-order valence-electron chi connectivity index (χ0n) is 15.4. The van der Waals surface area contributed by atoms with Crippen molar-refractivity contribution in [3.8, 4) is 0 Å². The fourth-order valence-corrected chi connectivity index (χ4v) is 3.35. The van der Waals surface area contributed by atoms with E-state index >= 15 is 0 Å². The van der Waals surface area contributed by atoms with Gasteiger partial charge in [0.05, 0.1) is 6.54 Å². The summed E-state index contributed by atoms with van der Waals surface area (Å²) in [6, 6.07) is 18.8. The van der Waals surface area contributed by atoms with Crippen molar-refractivity contribution in [2.75, 3.05) is 36.4 Å². The van der Waals surface area contributed by atoms with Gasteiger partial charge in [0.15, 0.2) is 0 Å². The van der Waals surface area contributed by atoms with Crippen molar-refractivity contribution < 1.29 is 4.79 Å². The molecule has 0 aliphatic carbocycles. The number of aryl methyl sites for hydroxylation is 1. The first kappa shape index (κ1) is 18.3. The van der Waals surface area contributed by atoms with E-state index in [2.05, 4.69) is 51.9 Å². The number of piperidine rings is 1. The molecule has 1 amide bonds. The van der Waals surface area contributed by atoms with Crippen molar-refractivity contribution >= 4 is 17.3 Å². The number of nitrogens with zero attached hydrogens (tertiary/aromatic N) is 1. The van der Waals surface area contributed by atoms with Gasteiger partial charge in [-0.15, -0.1) is 0 Å². The quantitative estimate of drug-likeness (QED) is 0.710. The molecule has 1 fully saturated rings. The molecular formula is C22H29N3O. The van der Waals surface area contributed by atoms with Gasteiger partial charge in [0.1, 0.15) is 0 Å². The largest absolute Gasteiger partial charge is 0.376 e. The number of anilines is 2. The second-order valence-electron chi connectivity index (χ2n) is 6.89. The Hall–Kier alpha value is -2.49. The highest BCUT2D eigenvalue weighted by atomic mass is 16.1. The molecule has 0 saturated carbocycles. The van der Waals surface area contributed by atoms with Crippen LogP contribution in [-0.2, 0) is 11.2 Å². The first-order valence-corrected chi connectivity index (χ1v) is 9.71. The van der Waals surface area contributed by atoms with Gasteiger partial charge in [0.2, 0.25) is 5.91 Å². The Morgan fingerprint density at radius 2 is 1.65 bits per heavy atom. The molecule has 0 atom stereocenters. The number of hydrogen-bond acceptors (Lipinski definition) is 3. The van der Waals surface area contributed by atoms with Crippen molar-refractivity contribution in [2.45, 2.75) is 32.1 Å². The topological polar surface area (TPSA) is 44.4 Å². The minimum absolute atomic E-state index is 0.0400. The summed E-state index contributed by atoms with van der Waals surface area (Å²) in [5, 5.41) is 6.18. The summed E-state index contributed by atoms with van der Waals surface area (Å²) in [6.07, 6.45) is 5.86. The molecule has 2 aromatic carbocycles. The Kier molecular flexibility index (Phi) is 6.94. The van der Waals surface area contributed by atoms with Gasteiger partial charge in [-0.05, 0) is 61.9 Å². The van der Waals surface area contributed by atoms with E-state index < -0.39 is 0 Å². The van der Waals surface area contributed by atoms with Gasteiger partial charge < -0.3 is 15.5 Å². The number of rotatable bonds is 8. The van der Waals surface area contributed by atoms with Crippen LogP contribution in [0.15, 0.2) is 54.6 Å². The van der Waals surface area contributed by atoms with Crippen LogP contribution >= 0.6 is 0 Å². The molecule has 0 radical (unpaired) electrons. The molecule has 4 heteroatoms. The maximum Gasteiger partial charge on any atom is 0.239 e. The Morgan fingerprint density at radius 1 is 0.923 bits per heavy atom. The maximum atomic E-state index is 12.0. The minimum atomic E-state index is 0.0400. The average molecular weight is 351 g/mol. The molecule has 1 saturated heterocycles. The monoisotopic (exact) mass is 351 g/mol. The van der Waals surface area contributed by atoms with Crippen LogP contribution in [-0.4, -0.2) is 32.1 Å². The summed E-state index contributed by atoms with van der Waals surface area (Å²) in [5.41, 5.74) is 3.58. The van der Waals surface area contributed by atoms with Gasteiger partial charge in [-0.1, -0.05) is 30.3 Å². The molecule has 2 N–H and O–H groups in total. The van der Waals surface area contributed by atoms with Crippen LogP contribution in [0.3, 0.4) is 0 Å². The zero-order valence-corrected chi connectivity index (χ0v) is 15.4. The number of hydrogen-bond donors (Lipinski definition) is 2. The molecule has 4 nitrogen and oxygen atoms in total. The Morgan fingerprint density at radius 3 is 2.38 bits per heavy atom. The molecule has 0 unspecified atom stereocenters. The molecule has 26 heavy (non-hydrogen) atoms. The van der Waals surface area contributed by atoms with Crippen molar-refractivity contribution in [1.29, 1.82) is 0 Å². The molecule has 1 heterocycles. The predicted molar refractivity (Wildman–Crippen MR) is 109 cm³/mol. The van der Waals surface area contributed by atoms with E-state index in [1.807, 2.05) is 18.2 Å². The SMILES string of the molecule is O=C(CNc1ccc(N2CCCCC2)cc1)NCCCc1ccccc1. The molecule has 2 aromatic rings. The number of carbonyl (C=O) groups excluding carboxylic acids is 1. The van der Waals surface area contributed by atoms with E-state index in [0.29, 0.717) is 13.1 Å². The fraction of sp³-hybridized carbons (Fsp3) is 0.409. The number of nitrogens with one attached hydrogen (secondary N) is 2. The number of carbonyl (C=O) groups is 1. The van der Waals surface area contributed by atoms with E-state index in [9.17, 15) is 4.79 Å². The van der Waals surface area contributed by atoms with Crippen LogP contribution in [0.25, 0.3) is 0 Å². The van der Waals surface area contributed by atoms with Crippen molar-refractivity contribution in [3.63, 3.8) is 0 Å². The van der Waals surface area contributed by atoms with Gasteiger partial charge in [0.25, 0.3) is 0 Å². The van der Waals surface area contributed by atoms with E-state index in [1.165, 1.54) is 30.5 Å².